The zero-order chi connectivity index (χ0) is 18.6. The lowest BCUT2D eigenvalue weighted by Crippen LogP contribution is -2.36. The zero-order valence-electron chi connectivity index (χ0n) is 14.9. The first kappa shape index (κ1) is 17.0. The molecule has 1 aliphatic carbocycles. The minimum absolute atomic E-state index is 0.00760. The Hall–Kier alpha value is -2.40. The largest absolute Gasteiger partial charge is 0.442 e. The lowest BCUT2D eigenvalue weighted by atomic mass is 9.70. The minimum atomic E-state index is -0.567. The van der Waals surface area contributed by atoms with E-state index in [-0.39, 0.29) is 22.6 Å². The number of nitrogens with zero attached hydrogens (tertiary/aromatic N) is 1. The van der Waals surface area contributed by atoms with E-state index in [4.69, 9.17) is 16.3 Å². The summed E-state index contributed by atoms with van der Waals surface area (Å²) in [5.41, 5.74) is 1.09. The first-order chi connectivity index (χ1) is 12.3. The van der Waals surface area contributed by atoms with Crippen molar-refractivity contribution in [2.75, 3.05) is 0 Å². The van der Waals surface area contributed by atoms with E-state index < -0.39 is 5.92 Å². The van der Waals surface area contributed by atoms with Gasteiger partial charge in [0.1, 0.15) is 11.6 Å². The van der Waals surface area contributed by atoms with Crippen LogP contribution < -0.4 is 10.3 Å². The third-order valence-corrected chi connectivity index (χ3v) is 5.28. The van der Waals surface area contributed by atoms with Gasteiger partial charge in [-0.2, -0.15) is 4.98 Å². The van der Waals surface area contributed by atoms with Crippen molar-refractivity contribution in [3.8, 4) is 5.88 Å². The summed E-state index contributed by atoms with van der Waals surface area (Å²) in [6, 6.07) is 7.28. The number of halogens is 1. The number of ketones is 1. The Morgan fingerprint density at radius 2 is 1.96 bits per heavy atom. The van der Waals surface area contributed by atoms with Crippen LogP contribution in [-0.4, -0.2) is 15.8 Å². The number of hydrogen-bond donors (Lipinski definition) is 1. The monoisotopic (exact) mass is 370 g/mol. The van der Waals surface area contributed by atoms with Crippen LogP contribution in [0.2, 0.25) is 5.02 Å². The first-order valence-electron chi connectivity index (χ1n) is 8.56. The highest BCUT2D eigenvalue weighted by Gasteiger charge is 2.44. The van der Waals surface area contributed by atoms with Gasteiger partial charge in [-0.25, -0.2) is 0 Å². The molecule has 1 aromatic carbocycles. The molecule has 0 saturated heterocycles. The molecule has 2 aliphatic rings. The smallest absolute Gasteiger partial charge is 0.258 e. The van der Waals surface area contributed by atoms with Crippen LogP contribution in [0.1, 0.15) is 49.6 Å². The number of benzene rings is 1. The van der Waals surface area contributed by atoms with Crippen molar-refractivity contribution >= 4 is 17.4 Å². The number of carbonyl (C=O) groups is 1. The van der Waals surface area contributed by atoms with Crippen LogP contribution in [0.25, 0.3) is 0 Å². The summed E-state index contributed by atoms with van der Waals surface area (Å²) in [6.45, 7) is 5.78. The van der Waals surface area contributed by atoms with Gasteiger partial charge in [0.25, 0.3) is 5.56 Å². The molecule has 26 heavy (non-hydrogen) atoms. The van der Waals surface area contributed by atoms with Crippen molar-refractivity contribution in [1.82, 2.24) is 9.97 Å². The molecule has 2 aromatic rings. The SMILES string of the molecule is Cc1nc2c(c(=O)[nH]1)C(c1ccccc1Cl)C1=C(CC(C)(C)CC1=O)O2. The number of hydrogen-bond acceptors (Lipinski definition) is 4. The maximum absolute atomic E-state index is 13.0. The molecule has 4 rings (SSSR count). The van der Waals surface area contributed by atoms with Gasteiger partial charge in [0.2, 0.25) is 5.88 Å². The normalized spacial score (nSPS) is 21.1. The molecule has 1 aromatic heterocycles. The molecular weight excluding hydrogens is 352 g/mol. The number of carbonyl (C=O) groups excluding carboxylic acids is 1. The molecule has 0 spiro atoms. The summed E-state index contributed by atoms with van der Waals surface area (Å²) < 4.78 is 5.98. The van der Waals surface area contributed by atoms with Crippen molar-refractivity contribution in [3.05, 3.63) is 67.9 Å². The van der Waals surface area contributed by atoms with E-state index in [0.717, 1.165) is 5.56 Å². The van der Waals surface area contributed by atoms with E-state index in [2.05, 4.69) is 9.97 Å². The molecule has 0 amide bonds. The van der Waals surface area contributed by atoms with Gasteiger partial charge in [0.05, 0.1) is 11.5 Å². The Labute approximate surface area is 156 Å². The standard InChI is InChI=1S/C20H19ClN2O3/c1-10-22-18(25)17-15(11-6-4-5-7-12(11)21)16-13(24)8-20(2,3)9-14(16)26-19(17)23-10/h4-7,15H,8-9H2,1-3H3,(H,22,23,25). The minimum Gasteiger partial charge on any atom is -0.442 e. The Kier molecular flexibility index (Phi) is 3.81. The molecule has 5 nitrogen and oxygen atoms in total. The average Bonchev–Trinajstić information content (AvgIpc) is 2.52. The number of nitrogens with one attached hydrogen (secondary N) is 1. The molecule has 0 bridgehead atoms. The molecule has 2 heterocycles. The zero-order valence-corrected chi connectivity index (χ0v) is 15.6. The van der Waals surface area contributed by atoms with E-state index in [1.165, 1.54) is 0 Å². The van der Waals surface area contributed by atoms with Crippen molar-refractivity contribution in [2.45, 2.75) is 39.5 Å². The summed E-state index contributed by atoms with van der Waals surface area (Å²) in [7, 11) is 0. The van der Waals surface area contributed by atoms with Crippen LogP contribution in [0.15, 0.2) is 40.4 Å². The highest BCUT2D eigenvalue weighted by atomic mass is 35.5. The second-order valence-electron chi connectivity index (χ2n) is 7.70. The number of rotatable bonds is 1. The fraction of sp³-hybridized carbons (Fsp3) is 0.350. The maximum atomic E-state index is 13.0. The summed E-state index contributed by atoms with van der Waals surface area (Å²) in [6.07, 6.45) is 1.02. The Morgan fingerprint density at radius 1 is 1.23 bits per heavy atom. The van der Waals surface area contributed by atoms with Crippen LogP contribution in [0.4, 0.5) is 0 Å². The van der Waals surface area contributed by atoms with Gasteiger partial charge < -0.3 is 9.72 Å². The van der Waals surface area contributed by atoms with E-state index >= 15 is 0 Å². The van der Waals surface area contributed by atoms with Crippen LogP contribution in [0.5, 0.6) is 5.88 Å². The molecule has 134 valence electrons. The van der Waals surface area contributed by atoms with Crippen molar-refractivity contribution in [2.24, 2.45) is 5.41 Å². The van der Waals surface area contributed by atoms with E-state index in [9.17, 15) is 9.59 Å². The van der Waals surface area contributed by atoms with E-state index in [1.807, 2.05) is 32.0 Å². The number of Topliss-reactive ketones (excluding diaryl/α,β-unsaturated/α-hetero) is 1. The van der Waals surface area contributed by atoms with Gasteiger partial charge in [-0.15, -0.1) is 0 Å². The topological polar surface area (TPSA) is 72.0 Å². The molecule has 1 N–H and O–H groups in total. The number of allylic oxidation sites excluding steroid dienone is 2. The van der Waals surface area contributed by atoms with E-state index in [0.29, 0.717) is 40.6 Å². The molecular formula is C20H19ClN2O3. The number of ether oxygens (including phenoxy) is 1. The number of fused-ring (bicyclic) bond motifs is 1. The lowest BCUT2D eigenvalue weighted by molar-refractivity contribution is -0.118. The fourth-order valence-corrected chi connectivity index (χ4v) is 4.12. The van der Waals surface area contributed by atoms with Gasteiger partial charge in [0, 0.05) is 23.4 Å². The summed E-state index contributed by atoms with van der Waals surface area (Å²) in [5, 5.41) is 0.509. The summed E-state index contributed by atoms with van der Waals surface area (Å²) >= 11 is 6.44. The first-order valence-corrected chi connectivity index (χ1v) is 8.94. The van der Waals surface area contributed by atoms with Gasteiger partial charge in [-0.3, -0.25) is 9.59 Å². The molecule has 1 aliphatic heterocycles. The highest BCUT2D eigenvalue weighted by molar-refractivity contribution is 6.31. The third kappa shape index (κ3) is 2.67. The number of H-pyrrole nitrogens is 1. The van der Waals surface area contributed by atoms with Crippen LogP contribution in [0.3, 0.4) is 0 Å². The number of aromatic amines is 1. The van der Waals surface area contributed by atoms with Gasteiger partial charge >= 0.3 is 0 Å². The molecule has 6 heteroatoms. The Balaban J connectivity index is 2.03. The molecule has 1 unspecified atom stereocenters. The van der Waals surface area contributed by atoms with Crippen LogP contribution in [-0.2, 0) is 4.79 Å². The van der Waals surface area contributed by atoms with Crippen molar-refractivity contribution in [3.63, 3.8) is 0 Å². The Morgan fingerprint density at radius 3 is 2.69 bits per heavy atom. The fourth-order valence-electron chi connectivity index (χ4n) is 3.87. The second kappa shape index (κ2) is 5.81. The number of aromatic nitrogens is 2. The molecule has 0 saturated carbocycles. The molecule has 0 radical (unpaired) electrons. The average molecular weight is 371 g/mol. The van der Waals surface area contributed by atoms with Crippen LogP contribution in [0, 0.1) is 12.3 Å². The van der Waals surface area contributed by atoms with Gasteiger partial charge in [0.15, 0.2) is 5.78 Å². The maximum Gasteiger partial charge on any atom is 0.258 e. The summed E-state index contributed by atoms with van der Waals surface area (Å²) in [5.74, 6) is 0.758. The summed E-state index contributed by atoms with van der Waals surface area (Å²) in [4.78, 5) is 32.8. The van der Waals surface area contributed by atoms with Crippen LogP contribution >= 0.6 is 11.6 Å². The van der Waals surface area contributed by atoms with E-state index in [1.54, 1.807) is 13.0 Å². The van der Waals surface area contributed by atoms with Crippen molar-refractivity contribution < 1.29 is 9.53 Å². The predicted molar refractivity (Wildman–Crippen MR) is 98.6 cm³/mol. The van der Waals surface area contributed by atoms with Crippen molar-refractivity contribution in [1.29, 1.82) is 0 Å². The third-order valence-electron chi connectivity index (χ3n) is 4.93. The lowest BCUT2D eigenvalue weighted by Gasteiger charge is -2.37. The highest BCUT2D eigenvalue weighted by Crippen LogP contribution is 2.49. The number of aryl methyl sites for hydroxylation is 1. The second-order valence-corrected chi connectivity index (χ2v) is 8.11. The molecule has 1 atom stereocenters. The Bertz CT molecular complexity index is 1020. The van der Waals surface area contributed by atoms with Gasteiger partial charge in [-0.05, 0) is 24.0 Å². The predicted octanol–water partition coefficient (Wildman–Crippen LogP) is 3.90. The quantitative estimate of drug-likeness (QED) is 0.826. The molecule has 0 fully saturated rings. The van der Waals surface area contributed by atoms with Gasteiger partial charge in [-0.1, -0.05) is 43.6 Å².